The first-order valence-electron chi connectivity index (χ1n) is 8.61. The third-order valence-electron chi connectivity index (χ3n) is 4.23. The largest absolute Gasteiger partial charge is 0.416 e. The van der Waals surface area contributed by atoms with Crippen LogP contribution in [0.25, 0.3) is 6.08 Å². The van der Waals surface area contributed by atoms with Gasteiger partial charge in [-0.15, -0.1) is 0 Å². The average molecular weight is 411 g/mol. The molecule has 0 radical (unpaired) electrons. The summed E-state index contributed by atoms with van der Waals surface area (Å²) in [6, 6.07) is 10.2. The van der Waals surface area contributed by atoms with Crippen LogP contribution in [0, 0.1) is 0 Å². The first-order valence-corrected chi connectivity index (χ1v) is 8.99. The number of ether oxygens (including phenoxy) is 1. The number of carbonyl (C=O) groups is 1. The van der Waals surface area contributed by atoms with E-state index >= 15 is 0 Å². The van der Waals surface area contributed by atoms with Crippen molar-refractivity contribution in [3.05, 3.63) is 64.7 Å². The second kappa shape index (κ2) is 8.67. The summed E-state index contributed by atoms with van der Waals surface area (Å²) in [5.74, 6) is -0.524. The minimum absolute atomic E-state index is 0.113. The van der Waals surface area contributed by atoms with Gasteiger partial charge >= 0.3 is 6.18 Å². The molecule has 1 saturated heterocycles. The average Bonchev–Trinajstić information content (AvgIpc) is 2.67. The van der Waals surface area contributed by atoms with E-state index in [-0.39, 0.29) is 5.69 Å². The van der Waals surface area contributed by atoms with Gasteiger partial charge in [-0.1, -0.05) is 23.7 Å². The molecular formula is C20H18ClF3N2O2. The van der Waals surface area contributed by atoms with Crippen molar-refractivity contribution in [3.8, 4) is 0 Å². The van der Waals surface area contributed by atoms with E-state index in [9.17, 15) is 18.0 Å². The van der Waals surface area contributed by atoms with Crippen LogP contribution in [0.4, 0.5) is 24.5 Å². The molecule has 1 aliphatic rings. The fourth-order valence-corrected chi connectivity index (χ4v) is 2.94. The number of hydrogen-bond donors (Lipinski definition) is 1. The molecule has 28 heavy (non-hydrogen) atoms. The molecule has 0 unspecified atom stereocenters. The zero-order chi connectivity index (χ0) is 20.1. The quantitative estimate of drug-likeness (QED) is 0.733. The van der Waals surface area contributed by atoms with Crippen LogP contribution >= 0.6 is 11.6 Å². The van der Waals surface area contributed by atoms with Crippen molar-refractivity contribution in [2.45, 2.75) is 6.18 Å². The Morgan fingerprint density at radius 2 is 1.79 bits per heavy atom. The highest BCUT2D eigenvalue weighted by atomic mass is 35.5. The van der Waals surface area contributed by atoms with Crippen molar-refractivity contribution >= 4 is 35.0 Å². The Morgan fingerprint density at radius 1 is 1.11 bits per heavy atom. The van der Waals surface area contributed by atoms with Gasteiger partial charge in [-0.25, -0.2) is 0 Å². The molecule has 1 fully saturated rings. The summed E-state index contributed by atoms with van der Waals surface area (Å²) in [5.41, 5.74) is 0.575. The third-order valence-corrected chi connectivity index (χ3v) is 4.48. The third kappa shape index (κ3) is 5.27. The number of alkyl halides is 3. The monoisotopic (exact) mass is 410 g/mol. The summed E-state index contributed by atoms with van der Waals surface area (Å²) >= 11 is 5.82. The molecule has 0 aliphatic carbocycles. The highest BCUT2D eigenvalue weighted by Gasteiger charge is 2.31. The molecule has 0 bridgehead atoms. The summed E-state index contributed by atoms with van der Waals surface area (Å²) in [7, 11) is 0. The van der Waals surface area contributed by atoms with Crippen molar-refractivity contribution < 1.29 is 22.7 Å². The number of benzene rings is 2. The first-order chi connectivity index (χ1) is 13.3. The van der Waals surface area contributed by atoms with Crippen molar-refractivity contribution in [3.63, 3.8) is 0 Å². The second-order valence-electron chi connectivity index (χ2n) is 6.20. The highest BCUT2D eigenvalue weighted by Crippen LogP contribution is 2.35. The van der Waals surface area contributed by atoms with Gasteiger partial charge < -0.3 is 15.0 Å². The molecule has 1 aliphatic heterocycles. The maximum Gasteiger partial charge on any atom is 0.416 e. The summed E-state index contributed by atoms with van der Waals surface area (Å²) in [6.07, 6.45) is -1.66. The normalized spacial score (nSPS) is 15.1. The lowest BCUT2D eigenvalue weighted by atomic mass is 10.1. The molecule has 1 heterocycles. The van der Waals surface area contributed by atoms with Crippen LogP contribution in [-0.2, 0) is 15.7 Å². The Balaban J connectivity index is 1.82. The van der Waals surface area contributed by atoms with Crippen LogP contribution in [0.15, 0.2) is 48.5 Å². The molecule has 8 heteroatoms. The maximum atomic E-state index is 13.1. The van der Waals surface area contributed by atoms with Crippen molar-refractivity contribution in [1.82, 2.24) is 0 Å². The smallest absolute Gasteiger partial charge is 0.378 e. The molecule has 148 valence electrons. The summed E-state index contributed by atoms with van der Waals surface area (Å²) in [4.78, 5) is 14.2. The number of nitrogens with one attached hydrogen (secondary N) is 1. The molecule has 1 N–H and O–H groups in total. The van der Waals surface area contributed by atoms with Crippen LogP contribution in [-0.4, -0.2) is 32.2 Å². The van der Waals surface area contributed by atoms with Crippen LogP contribution < -0.4 is 10.2 Å². The summed E-state index contributed by atoms with van der Waals surface area (Å²) in [6.45, 7) is 2.03. The number of morpholine rings is 1. The van der Waals surface area contributed by atoms with Crippen LogP contribution in [0.5, 0.6) is 0 Å². The Morgan fingerprint density at radius 3 is 2.43 bits per heavy atom. The van der Waals surface area contributed by atoms with Gasteiger partial charge in [0.1, 0.15) is 0 Å². The van der Waals surface area contributed by atoms with E-state index in [1.54, 1.807) is 30.3 Å². The zero-order valence-electron chi connectivity index (χ0n) is 14.8. The van der Waals surface area contributed by atoms with Gasteiger partial charge in [-0.2, -0.15) is 13.2 Å². The van der Waals surface area contributed by atoms with E-state index in [1.165, 1.54) is 12.1 Å². The number of hydrogen-bond acceptors (Lipinski definition) is 3. The molecule has 4 nitrogen and oxygen atoms in total. The standard InChI is InChI=1S/C20H18ClF3N2O2/c21-16-5-1-14(2-6-16)3-8-19(27)25-17-13-15(20(22,23)24)4-7-18(17)26-9-11-28-12-10-26/h1-8,13H,9-12H2,(H,25,27). The number of halogens is 4. The Bertz CT molecular complexity index is 861. The van der Waals surface area contributed by atoms with Crippen molar-refractivity contribution in [2.24, 2.45) is 0 Å². The predicted molar refractivity (Wildman–Crippen MR) is 104 cm³/mol. The van der Waals surface area contributed by atoms with E-state index in [4.69, 9.17) is 16.3 Å². The summed E-state index contributed by atoms with van der Waals surface area (Å²) < 4.78 is 44.6. The lowest BCUT2D eigenvalue weighted by molar-refractivity contribution is -0.137. The lowest BCUT2D eigenvalue weighted by Crippen LogP contribution is -2.36. The number of rotatable bonds is 4. The SMILES string of the molecule is O=C(C=Cc1ccc(Cl)cc1)Nc1cc(C(F)(F)F)ccc1N1CCOCC1. The molecule has 2 aromatic rings. The van der Waals surface area contributed by atoms with Gasteiger partial charge in [0.25, 0.3) is 0 Å². The van der Waals surface area contributed by atoms with E-state index in [0.717, 1.165) is 17.7 Å². The number of nitrogens with zero attached hydrogens (tertiary/aromatic N) is 1. The maximum absolute atomic E-state index is 13.1. The fourth-order valence-electron chi connectivity index (χ4n) is 2.81. The van der Waals surface area contributed by atoms with Gasteiger partial charge in [-0.3, -0.25) is 4.79 Å². The second-order valence-corrected chi connectivity index (χ2v) is 6.64. The fraction of sp³-hybridized carbons (Fsp3) is 0.250. The molecule has 0 spiro atoms. The van der Waals surface area contributed by atoms with Crippen molar-refractivity contribution in [2.75, 3.05) is 36.5 Å². The Hall–Kier alpha value is -2.51. The molecule has 3 rings (SSSR count). The first kappa shape index (κ1) is 20.2. The van der Waals surface area contributed by atoms with E-state index in [2.05, 4.69) is 5.32 Å². The predicted octanol–water partition coefficient (Wildman–Crippen LogP) is 4.85. The number of carbonyl (C=O) groups excluding carboxylic acids is 1. The molecule has 2 aromatic carbocycles. The Kier molecular flexibility index (Phi) is 6.26. The molecule has 0 saturated carbocycles. The molecule has 0 atom stereocenters. The van der Waals surface area contributed by atoms with Crippen molar-refractivity contribution in [1.29, 1.82) is 0 Å². The van der Waals surface area contributed by atoms with E-state index < -0.39 is 17.6 Å². The van der Waals surface area contributed by atoms with Gasteiger partial charge in [0.05, 0.1) is 30.2 Å². The minimum atomic E-state index is -4.50. The Labute approximate surface area is 165 Å². The van der Waals surface area contributed by atoms with Gasteiger partial charge in [0.2, 0.25) is 5.91 Å². The molecule has 1 amide bonds. The topological polar surface area (TPSA) is 41.6 Å². The van der Waals surface area contributed by atoms with Crippen LogP contribution in [0.2, 0.25) is 5.02 Å². The highest BCUT2D eigenvalue weighted by molar-refractivity contribution is 6.30. The zero-order valence-corrected chi connectivity index (χ0v) is 15.6. The van der Waals surface area contributed by atoms with Gasteiger partial charge in [-0.05, 0) is 42.0 Å². The van der Waals surface area contributed by atoms with Gasteiger partial charge in [0.15, 0.2) is 0 Å². The molecule has 0 aromatic heterocycles. The van der Waals surface area contributed by atoms with Gasteiger partial charge in [0, 0.05) is 24.2 Å². The number of amides is 1. The van der Waals surface area contributed by atoms with E-state index in [1.807, 2.05) is 4.90 Å². The summed E-state index contributed by atoms with van der Waals surface area (Å²) in [5, 5.41) is 3.14. The number of anilines is 2. The lowest BCUT2D eigenvalue weighted by Gasteiger charge is -2.30. The van der Waals surface area contributed by atoms with Crippen LogP contribution in [0.3, 0.4) is 0 Å². The van der Waals surface area contributed by atoms with E-state index in [0.29, 0.717) is 37.0 Å². The van der Waals surface area contributed by atoms with Crippen LogP contribution in [0.1, 0.15) is 11.1 Å². The minimum Gasteiger partial charge on any atom is -0.378 e. The molecular weight excluding hydrogens is 393 g/mol.